The minimum absolute atomic E-state index is 0.0477. The van der Waals surface area contributed by atoms with Crippen LogP contribution >= 0.6 is 0 Å². The van der Waals surface area contributed by atoms with Crippen molar-refractivity contribution in [1.82, 2.24) is 0 Å². The molecule has 0 saturated heterocycles. The molecule has 1 aliphatic rings. The Hall–Kier alpha value is -3.02. The number of nitro benzene ring substituents is 1. The Labute approximate surface area is 132 Å². The van der Waals surface area contributed by atoms with Gasteiger partial charge in [0.1, 0.15) is 0 Å². The van der Waals surface area contributed by atoms with Gasteiger partial charge in [-0.15, -0.1) is 0 Å². The Balaban J connectivity index is 2.11. The third kappa shape index (κ3) is 2.59. The molecule has 0 unspecified atom stereocenters. The number of carbonyl (C=O) groups is 2. The molecule has 0 aliphatic carbocycles. The molecule has 3 rings (SSSR count). The lowest BCUT2D eigenvalue weighted by Gasteiger charge is -2.27. The van der Waals surface area contributed by atoms with E-state index in [0.29, 0.717) is 11.3 Å². The number of anilines is 1. The number of hydrogen-bond donors (Lipinski definition) is 0. The lowest BCUT2D eigenvalue weighted by atomic mass is 9.97. The van der Waals surface area contributed by atoms with E-state index in [1.54, 1.807) is 12.1 Å². The third-order valence-corrected chi connectivity index (χ3v) is 3.79. The molecule has 1 heterocycles. The molecule has 0 aromatic heterocycles. The van der Waals surface area contributed by atoms with Crippen LogP contribution in [-0.4, -0.2) is 16.7 Å². The summed E-state index contributed by atoms with van der Waals surface area (Å²) in [6.07, 6.45) is 0.0477. The first-order valence-corrected chi connectivity index (χ1v) is 7.10. The van der Waals surface area contributed by atoms with Crippen molar-refractivity contribution in [3.05, 3.63) is 68.8 Å². The molecule has 6 nitrogen and oxygen atoms in total. The van der Waals surface area contributed by atoms with Crippen LogP contribution in [0.4, 0.5) is 11.4 Å². The summed E-state index contributed by atoms with van der Waals surface area (Å²) >= 11 is 0. The van der Waals surface area contributed by atoms with Gasteiger partial charge in [-0.1, -0.05) is 12.1 Å². The van der Waals surface area contributed by atoms with E-state index in [2.05, 4.69) is 0 Å². The lowest BCUT2D eigenvalue weighted by Crippen LogP contribution is -2.42. The van der Waals surface area contributed by atoms with Gasteiger partial charge in [0, 0.05) is 12.1 Å². The highest BCUT2D eigenvalue weighted by Crippen LogP contribution is 2.29. The molecule has 0 spiro atoms. The highest BCUT2D eigenvalue weighted by atomic mass is 16.6. The second-order valence-corrected chi connectivity index (χ2v) is 5.66. The lowest BCUT2D eigenvalue weighted by molar-refractivity contribution is -0.384. The standard InChI is InChI=1S/C17H14N2O4/c1-10-5-11(2)7-14(6-10)18-16(20)8-12-3-4-13(19(22)23)9-15(12)17(18)21/h3-7,9H,8H2,1-2H3. The fraction of sp³-hybridized carbons (Fsp3) is 0.176. The van der Waals surface area contributed by atoms with Crippen LogP contribution in [0.2, 0.25) is 0 Å². The number of amides is 2. The number of aryl methyl sites for hydroxylation is 2. The predicted octanol–water partition coefficient (Wildman–Crippen LogP) is 2.94. The first-order valence-electron chi connectivity index (χ1n) is 7.10. The summed E-state index contributed by atoms with van der Waals surface area (Å²) in [6.45, 7) is 3.77. The van der Waals surface area contributed by atoms with Gasteiger partial charge in [0.25, 0.3) is 11.6 Å². The van der Waals surface area contributed by atoms with Crippen LogP contribution in [0.5, 0.6) is 0 Å². The number of hydrogen-bond acceptors (Lipinski definition) is 4. The van der Waals surface area contributed by atoms with Gasteiger partial charge in [-0.05, 0) is 42.7 Å². The van der Waals surface area contributed by atoms with Crippen molar-refractivity contribution in [2.24, 2.45) is 0 Å². The zero-order valence-corrected chi connectivity index (χ0v) is 12.7. The number of benzene rings is 2. The van der Waals surface area contributed by atoms with Gasteiger partial charge in [-0.25, -0.2) is 4.90 Å². The van der Waals surface area contributed by atoms with Crippen LogP contribution in [0.3, 0.4) is 0 Å². The van der Waals surface area contributed by atoms with E-state index in [-0.39, 0.29) is 23.6 Å². The van der Waals surface area contributed by atoms with Gasteiger partial charge < -0.3 is 0 Å². The molecule has 2 aromatic rings. The van der Waals surface area contributed by atoms with Gasteiger partial charge in [0.15, 0.2) is 0 Å². The van der Waals surface area contributed by atoms with Crippen molar-refractivity contribution in [2.45, 2.75) is 20.3 Å². The fourth-order valence-electron chi connectivity index (χ4n) is 2.85. The summed E-state index contributed by atoms with van der Waals surface area (Å²) in [6, 6.07) is 9.48. The normalized spacial score (nSPS) is 13.9. The number of nitrogens with zero attached hydrogens (tertiary/aromatic N) is 2. The molecular formula is C17H14N2O4. The zero-order valence-electron chi connectivity index (χ0n) is 12.7. The molecule has 2 amide bonds. The first-order chi connectivity index (χ1) is 10.9. The quantitative estimate of drug-likeness (QED) is 0.485. The van der Waals surface area contributed by atoms with Crippen molar-refractivity contribution < 1.29 is 14.5 Å². The monoisotopic (exact) mass is 310 g/mol. The van der Waals surface area contributed by atoms with Crippen LogP contribution in [0, 0.1) is 24.0 Å². The molecule has 0 radical (unpaired) electrons. The fourth-order valence-corrected chi connectivity index (χ4v) is 2.85. The summed E-state index contributed by atoms with van der Waals surface area (Å²) in [5, 5.41) is 10.9. The number of nitro groups is 1. The summed E-state index contributed by atoms with van der Waals surface area (Å²) in [5.74, 6) is -0.855. The summed E-state index contributed by atoms with van der Waals surface area (Å²) < 4.78 is 0. The van der Waals surface area contributed by atoms with E-state index >= 15 is 0 Å². The maximum atomic E-state index is 12.7. The highest BCUT2D eigenvalue weighted by molar-refractivity contribution is 6.24. The van der Waals surface area contributed by atoms with E-state index in [1.807, 2.05) is 19.9 Å². The van der Waals surface area contributed by atoms with Crippen molar-refractivity contribution in [2.75, 3.05) is 4.90 Å². The Bertz CT molecular complexity index is 837. The topological polar surface area (TPSA) is 80.5 Å². The Morgan fingerprint density at radius 3 is 2.30 bits per heavy atom. The van der Waals surface area contributed by atoms with E-state index in [1.165, 1.54) is 18.2 Å². The Kier molecular flexibility index (Phi) is 3.44. The number of rotatable bonds is 2. The second-order valence-electron chi connectivity index (χ2n) is 5.66. The molecule has 0 N–H and O–H groups in total. The molecule has 0 fully saturated rings. The molecule has 2 aromatic carbocycles. The van der Waals surface area contributed by atoms with E-state index in [0.717, 1.165) is 16.0 Å². The molecule has 6 heteroatoms. The minimum atomic E-state index is -0.550. The maximum absolute atomic E-state index is 12.7. The van der Waals surface area contributed by atoms with E-state index < -0.39 is 10.8 Å². The zero-order chi connectivity index (χ0) is 16.7. The molecule has 1 aliphatic heterocycles. The van der Waals surface area contributed by atoms with Gasteiger partial charge >= 0.3 is 0 Å². The molecule has 116 valence electrons. The third-order valence-electron chi connectivity index (χ3n) is 3.79. The highest BCUT2D eigenvalue weighted by Gasteiger charge is 2.33. The second kappa shape index (κ2) is 5.31. The summed E-state index contributed by atoms with van der Waals surface area (Å²) in [4.78, 5) is 36.6. The summed E-state index contributed by atoms with van der Waals surface area (Å²) in [5.41, 5.74) is 2.93. The van der Waals surface area contributed by atoms with Crippen molar-refractivity contribution in [1.29, 1.82) is 0 Å². The molecule has 0 saturated carbocycles. The van der Waals surface area contributed by atoms with Gasteiger partial charge in [-0.2, -0.15) is 0 Å². The van der Waals surface area contributed by atoms with Crippen molar-refractivity contribution in [3.8, 4) is 0 Å². The minimum Gasteiger partial charge on any atom is -0.274 e. The van der Waals surface area contributed by atoms with Crippen LogP contribution in [0.1, 0.15) is 27.0 Å². The first kappa shape index (κ1) is 14.9. The van der Waals surface area contributed by atoms with Crippen molar-refractivity contribution in [3.63, 3.8) is 0 Å². The Morgan fingerprint density at radius 1 is 1.04 bits per heavy atom. The largest absolute Gasteiger partial charge is 0.274 e. The van der Waals surface area contributed by atoms with Crippen LogP contribution in [0.25, 0.3) is 0 Å². The maximum Gasteiger partial charge on any atom is 0.270 e. The summed E-state index contributed by atoms with van der Waals surface area (Å²) in [7, 11) is 0. The SMILES string of the molecule is Cc1cc(C)cc(N2C(=O)Cc3ccc([N+](=O)[O-])cc3C2=O)c1. The average molecular weight is 310 g/mol. The van der Waals surface area contributed by atoms with Gasteiger partial charge in [-0.3, -0.25) is 19.7 Å². The number of non-ortho nitro benzene ring substituents is 1. The average Bonchev–Trinajstić information content (AvgIpc) is 2.45. The van der Waals surface area contributed by atoms with Crippen LogP contribution < -0.4 is 4.90 Å². The molecule has 23 heavy (non-hydrogen) atoms. The smallest absolute Gasteiger partial charge is 0.270 e. The number of fused-ring (bicyclic) bond motifs is 1. The molecule has 0 bridgehead atoms. The Morgan fingerprint density at radius 2 is 1.70 bits per heavy atom. The van der Waals surface area contributed by atoms with E-state index in [4.69, 9.17) is 0 Å². The van der Waals surface area contributed by atoms with Crippen LogP contribution in [0.15, 0.2) is 36.4 Å². The number of carbonyl (C=O) groups excluding carboxylic acids is 2. The predicted molar refractivity (Wildman–Crippen MR) is 84.5 cm³/mol. The number of imide groups is 1. The van der Waals surface area contributed by atoms with Gasteiger partial charge in [0.2, 0.25) is 5.91 Å². The van der Waals surface area contributed by atoms with Crippen LogP contribution in [-0.2, 0) is 11.2 Å². The van der Waals surface area contributed by atoms with Gasteiger partial charge in [0.05, 0.1) is 22.6 Å². The molecule has 0 atom stereocenters. The molecular weight excluding hydrogens is 296 g/mol. The van der Waals surface area contributed by atoms with E-state index in [9.17, 15) is 19.7 Å². The van der Waals surface area contributed by atoms with Crippen molar-refractivity contribution >= 4 is 23.2 Å².